The molecule has 5 aromatic rings. The van der Waals surface area contributed by atoms with E-state index in [1.807, 2.05) is 36.4 Å². The summed E-state index contributed by atoms with van der Waals surface area (Å²) in [6.45, 7) is 10.6. The Labute approximate surface area is 432 Å². The Hall–Kier alpha value is -4.52. The maximum Gasteiger partial charge on any atom is 0.202 e. The number of aromatic hydroxyl groups is 2. The first-order valence-electron chi connectivity index (χ1n) is 23.3. The highest BCUT2D eigenvalue weighted by Gasteiger charge is 2.50. The quantitative estimate of drug-likeness (QED) is 0.0326. The van der Waals surface area contributed by atoms with Crippen molar-refractivity contribution in [2.24, 2.45) is 5.73 Å². The number of likely N-dealkylation sites (N-methyl/N-ethyl adjacent to an activating group) is 1. The van der Waals surface area contributed by atoms with Crippen molar-refractivity contribution in [3.63, 3.8) is 0 Å². The van der Waals surface area contributed by atoms with E-state index in [0.29, 0.717) is 17.7 Å². The van der Waals surface area contributed by atoms with E-state index in [1.165, 1.54) is 25.3 Å². The molecule has 374 valence electrons. The molecule has 0 saturated carbocycles. The molecule has 0 amide bonds. The third-order valence-corrected chi connectivity index (χ3v) is 14.9. The molecule has 0 radical (unpaired) electrons. The van der Waals surface area contributed by atoms with E-state index in [9.17, 15) is 44.7 Å². The Morgan fingerprint density at radius 3 is 2.29 bits per heavy atom. The number of unbranched alkanes of at least 4 members (excludes halogenated alkanes) is 1. The first-order chi connectivity index (χ1) is 33.4. The summed E-state index contributed by atoms with van der Waals surface area (Å²) >= 11 is 4.54. The van der Waals surface area contributed by atoms with Crippen molar-refractivity contribution in [2.75, 3.05) is 40.0 Å². The van der Waals surface area contributed by atoms with Gasteiger partial charge < -0.3 is 59.5 Å². The number of ether oxygens (including phenoxy) is 4. The molecule has 0 spiro atoms. The third-order valence-electron chi connectivity index (χ3n) is 13.3. The van der Waals surface area contributed by atoms with Crippen molar-refractivity contribution in [1.82, 2.24) is 4.90 Å². The van der Waals surface area contributed by atoms with Gasteiger partial charge in [-0.1, -0.05) is 57.5 Å². The number of carbonyl (C=O) groups excluding carboxylic acids is 4. The van der Waals surface area contributed by atoms with Gasteiger partial charge in [0.1, 0.15) is 53.2 Å². The number of hydrogen-bond acceptors (Lipinski definition) is 16. The lowest BCUT2D eigenvalue weighted by molar-refractivity contribution is -0.247. The van der Waals surface area contributed by atoms with E-state index in [-0.39, 0.29) is 40.2 Å². The highest BCUT2D eigenvalue weighted by atomic mass is 127. The minimum absolute atomic E-state index is 0.0153. The average Bonchev–Trinajstić information content (AvgIpc) is 3.72. The second kappa shape index (κ2) is 22.5. The smallest absolute Gasteiger partial charge is 0.202 e. The number of halogens is 2. The number of phenolic OH excluding ortho intramolecular Hbond substituents is 2. The van der Waals surface area contributed by atoms with Crippen LogP contribution >= 0.6 is 45.2 Å². The zero-order valence-electron chi connectivity index (χ0n) is 39.6. The molecule has 18 heteroatoms. The number of aliphatic hydroxyl groups excluding tert-OH is 2. The summed E-state index contributed by atoms with van der Waals surface area (Å²) in [6, 6.07) is 15.3. The molecule has 3 aliphatic rings. The molecule has 1 aromatic heterocycles. The van der Waals surface area contributed by atoms with E-state index in [2.05, 4.69) is 70.9 Å². The zero-order chi connectivity index (χ0) is 50.8. The summed E-state index contributed by atoms with van der Waals surface area (Å²) in [5.74, 6) is -2.12. The molecule has 1 fully saturated rings. The number of nitrogens with two attached hydrogens (primary N) is 1. The number of fused-ring (bicyclic) bond motifs is 4. The van der Waals surface area contributed by atoms with Crippen LogP contribution in [0.4, 0.5) is 0 Å². The first-order valence-corrected chi connectivity index (χ1v) is 25.5. The fraction of sp³-hybridized carbons (Fsp3) is 0.423. The van der Waals surface area contributed by atoms with Gasteiger partial charge in [0.2, 0.25) is 5.78 Å². The fourth-order valence-corrected chi connectivity index (χ4v) is 11.5. The van der Waals surface area contributed by atoms with E-state index in [0.717, 1.165) is 68.5 Å². The number of aryl methyl sites for hydroxylation is 1. The molecule has 0 unspecified atom stereocenters. The lowest BCUT2D eigenvalue weighted by Crippen LogP contribution is -2.53. The number of carbonyl (C=O) groups is 4. The fourth-order valence-electron chi connectivity index (χ4n) is 9.40. The summed E-state index contributed by atoms with van der Waals surface area (Å²) in [7, 11) is 1.32. The van der Waals surface area contributed by atoms with Crippen LogP contribution in [0, 0.1) is 7.14 Å². The number of para-hydroxylation sites is 1. The summed E-state index contributed by atoms with van der Waals surface area (Å²) in [6.07, 6.45) is -2.30. The van der Waals surface area contributed by atoms with Gasteiger partial charge in [-0.15, -0.1) is 0 Å². The minimum atomic E-state index is -2.24. The summed E-state index contributed by atoms with van der Waals surface area (Å²) in [5.41, 5.74) is 4.52. The molecule has 2 aliphatic carbocycles. The number of methoxy groups -OCH3 is 1. The van der Waals surface area contributed by atoms with Gasteiger partial charge in [-0.2, -0.15) is 0 Å². The molecule has 16 nitrogen and oxygen atoms in total. The number of nitrogens with zero attached hydrogens (tertiary/aromatic N) is 1. The van der Waals surface area contributed by atoms with Crippen LogP contribution in [0.25, 0.3) is 11.0 Å². The Morgan fingerprint density at radius 2 is 1.64 bits per heavy atom. The topological polar surface area (TPSA) is 249 Å². The molecular weight excluding hydrogens is 1130 g/mol. The van der Waals surface area contributed by atoms with Crippen molar-refractivity contribution >= 4 is 79.3 Å². The van der Waals surface area contributed by atoms with Crippen molar-refractivity contribution in [3.8, 4) is 23.0 Å². The van der Waals surface area contributed by atoms with E-state index >= 15 is 0 Å². The Balaban J connectivity index is 0.000000212. The SMILES string of the molecule is CCCCc1oc2ccccc2c1C(=O)c1cc(I)c(OCCN(CC)CC)c(I)c1.COc1cccc2c1C(=O)c1c(O)c3c(c(O)c1C2=O)C[C@@](O)(C(=O)CO)C[C@@H]3O[C@H]1C[C@H](N)[C@H](O)[C@H](C)O1. The van der Waals surface area contributed by atoms with Crippen molar-refractivity contribution in [1.29, 1.82) is 0 Å². The number of phenols is 2. The maximum atomic E-state index is 13.6. The van der Waals surface area contributed by atoms with Gasteiger partial charge >= 0.3 is 0 Å². The highest BCUT2D eigenvalue weighted by molar-refractivity contribution is 14.1. The predicted octanol–water partition coefficient (Wildman–Crippen LogP) is 6.94. The van der Waals surface area contributed by atoms with Gasteiger partial charge in [0.15, 0.2) is 23.6 Å². The van der Waals surface area contributed by atoms with Gasteiger partial charge in [0, 0.05) is 65.9 Å². The monoisotopic (exact) mass is 1190 g/mol. The second-order valence-electron chi connectivity index (χ2n) is 17.6. The molecule has 7 N–H and O–H groups in total. The molecule has 1 saturated heterocycles. The van der Waals surface area contributed by atoms with E-state index < -0.39 is 95.7 Å². The Bertz CT molecular complexity index is 2770. The summed E-state index contributed by atoms with van der Waals surface area (Å²) in [4.78, 5) is 55.7. The van der Waals surface area contributed by atoms with Gasteiger partial charge in [-0.3, -0.25) is 19.2 Å². The first kappa shape index (κ1) is 53.3. The van der Waals surface area contributed by atoms with Gasteiger partial charge in [0.25, 0.3) is 0 Å². The zero-order valence-corrected chi connectivity index (χ0v) is 43.9. The average molecular weight is 1190 g/mol. The third kappa shape index (κ3) is 10.4. The van der Waals surface area contributed by atoms with Crippen molar-refractivity contribution < 1.29 is 68.1 Å². The molecule has 6 atom stereocenters. The molecule has 1 aliphatic heterocycles. The largest absolute Gasteiger partial charge is 0.507 e. The van der Waals surface area contributed by atoms with Crippen molar-refractivity contribution in [3.05, 3.63) is 112 Å². The standard InChI is InChI=1S/C27H29NO11.C25H29I2NO3/c1-10-22(31)13(28)6-17(38-10)39-15-8-27(36,16(30)9-29)7-12-19(15)26(35)21-20(24(12)33)23(32)11-4-3-5-14(37-2)18(11)25(21)34;1-4-7-11-22-23(18-10-8-9-12-21(18)31-22)24(29)17-15-19(26)25(20(27)16-17)30-14-13-28(5-2)6-3/h3-5,10,13,15,17,22,29,31,33,35-36H,6-9,28H2,1-2H3;8-10,12,15-16H,4-7,11,13-14H2,1-3H3/t10-,13-,15-,17-,22+,27-;/m0./s1. The minimum Gasteiger partial charge on any atom is -0.507 e. The maximum absolute atomic E-state index is 13.6. The lowest BCUT2D eigenvalue weighted by atomic mass is 9.72. The van der Waals surface area contributed by atoms with Crippen LogP contribution in [0.2, 0.25) is 0 Å². The Kier molecular flexibility index (Phi) is 17.1. The number of rotatable bonds is 16. The van der Waals surface area contributed by atoms with Gasteiger partial charge in [-0.25, -0.2) is 0 Å². The molecule has 70 heavy (non-hydrogen) atoms. The van der Waals surface area contributed by atoms with Crippen LogP contribution in [-0.2, 0) is 27.1 Å². The normalized spacial score (nSPS) is 21.7. The van der Waals surface area contributed by atoms with Gasteiger partial charge in [-0.05, 0) is 95.9 Å². The highest BCUT2D eigenvalue weighted by Crippen LogP contribution is 2.52. The predicted molar refractivity (Wildman–Crippen MR) is 275 cm³/mol. The number of hydrogen-bond donors (Lipinski definition) is 6. The number of benzene rings is 4. The van der Waals surface area contributed by atoms with Crippen LogP contribution < -0.4 is 15.2 Å². The molecular formula is C52H58I2N2O14. The second-order valence-corrected chi connectivity index (χ2v) is 20.0. The van der Waals surface area contributed by atoms with Crippen LogP contribution in [0.1, 0.15) is 124 Å². The number of furan rings is 1. The van der Waals surface area contributed by atoms with Crippen LogP contribution in [0.5, 0.6) is 23.0 Å². The number of Topliss-reactive ketones (excluding diaryl/α,β-unsaturated/α-hetero) is 1. The van der Waals surface area contributed by atoms with E-state index in [1.54, 1.807) is 6.92 Å². The van der Waals surface area contributed by atoms with Crippen LogP contribution in [0.15, 0.2) is 59.0 Å². The summed E-state index contributed by atoms with van der Waals surface area (Å²) in [5, 5.41) is 54.6. The molecule has 2 heterocycles. The summed E-state index contributed by atoms with van der Waals surface area (Å²) < 4.78 is 31.1. The number of aliphatic hydroxyl groups is 3. The van der Waals surface area contributed by atoms with Gasteiger partial charge in [0.05, 0.1) is 54.8 Å². The van der Waals surface area contributed by atoms with Crippen molar-refractivity contribution in [2.45, 2.75) is 102 Å². The van der Waals surface area contributed by atoms with Crippen LogP contribution in [-0.4, -0.2) is 124 Å². The Morgan fingerprint density at radius 1 is 0.957 bits per heavy atom. The molecule has 8 rings (SSSR count). The van der Waals surface area contributed by atoms with E-state index in [4.69, 9.17) is 29.1 Å². The molecule has 0 bridgehead atoms. The molecule has 4 aromatic carbocycles. The lowest BCUT2D eigenvalue weighted by Gasteiger charge is -2.42. The van der Waals surface area contributed by atoms with Crippen LogP contribution in [0.3, 0.4) is 0 Å². The number of ketones is 4.